The first-order valence-corrected chi connectivity index (χ1v) is 9.63. The van der Waals surface area contributed by atoms with Gasteiger partial charge in [0.1, 0.15) is 11.5 Å². The summed E-state index contributed by atoms with van der Waals surface area (Å²) in [6.45, 7) is 0.285. The van der Waals surface area contributed by atoms with Crippen molar-refractivity contribution in [3.63, 3.8) is 0 Å². The summed E-state index contributed by atoms with van der Waals surface area (Å²) >= 11 is 1.42. The van der Waals surface area contributed by atoms with E-state index in [1.54, 1.807) is 24.3 Å². The van der Waals surface area contributed by atoms with E-state index >= 15 is 0 Å². The molecular formula is C19H18N4O3S. The highest BCUT2D eigenvalue weighted by Crippen LogP contribution is 2.23. The van der Waals surface area contributed by atoms with Crippen LogP contribution in [0.2, 0.25) is 0 Å². The zero-order valence-electron chi connectivity index (χ0n) is 14.3. The van der Waals surface area contributed by atoms with E-state index in [0.717, 1.165) is 5.56 Å². The molecule has 2 aliphatic heterocycles. The Kier molecular flexibility index (Phi) is 4.93. The first-order valence-electron chi connectivity index (χ1n) is 8.58. The normalized spacial score (nSPS) is 21.9. The molecule has 7 nitrogen and oxygen atoms in total. The van der Waals surface area contributed by atoms with Gasteiger partial charge in [-0.2, -0.15) is 0 Å². The Hall–Kier alpha value is -2.68. The highest BCUT2D eigenvalue weighted by molar-refractivity contribution is 7.99. The molecule has 2 unspecified atom stereocenters. The second-order valence-electron chi connectivity index (χ2n) is 6.20. The summed E-state index contributed by atoms with van der Waals surface area (Å²) in [6.07, 6.45) is 0. The Bertz CT molecular complexity index is 855. The second kappa shape index (κ2) is 7.51. The highest BCUT2D eigenvalue weighted by Gasteiger charge is 2.35. The van der Waals surface area contributed by atoms with Crippen molar-refractivity contribution < 1.29 is 14.4 Å². The molecule has 8 heteroatoms. The summed E-state index contributed by atoms with van der Waals surface area (Å²) in [5, 5.41) is 2.89. The van der Waals surface area contributed by atoms with Crippen LogP contribution in [0.15, 0.2) is 54.6 Å². The topological polar surface area (TPSA) is 90.5 Å². The van der Waals surface area contributed by atoms with Crippen LogP contribution in [0.5, 0.6) is 0 Å². The van der Waals surface area contributed by atoms with Crippen LogP contribution in [0, 0.1) is 0 Å². The van der Waals surface area contributed by atoms with Crippen LogP contribution in [-0.4, -0.2) is 40.4 Å². The summed E-state index contributed by atoms with van der Waals surface area (Å²) in [6, 6.07) is 15.8. The number of rotatable bonds is 5. The molecule has 1 saturated heterocycles. The molecule has 0 bridgehead atoms. The molecule has 2 aliphatic rings. The minimum Gasteiger partial charge on any atom is -0.329 e. The van der Waals surface area contributed by atoms with Gasteiger partial charge < -0.3 is 5.32 Å². The van der Waals surface area contributed by atoms with Gasteiger partial charge in [0.2, 0.25) is 5.91 Å². The lowest BCUT2D eigenvalue weighted by atomic mass is 10.1. The fourth-order valence-corrected chi connectivity index (χ4v) is 4.02. The van der Waals surface area contributed by atoms with E-state index in [9.17, 15) is 14.4 Å². The maximum Gasteiger partial charge on any atom is 0.261 e. The molecule has 2 atom stereocenters. The minimum atomic E-state index is -0.459. The maximum atomic E-state index is 12.3. The molecule has 3 amide bonds. The average molecular weight is 382 g/mol. The molecule has 0 saturated carbocycles. The van der Waals surface area contributed by atoms with E-state index in [0.29, 0.717) is 16.9 Å². The monoisotopic (exact) mass is 382 g/mol. The number of hydrogen-bond acceptors (Lipinski definition) is 6. The number of benzene rings is 2. The zero-order chi connectivity index (χ0) is 18.8. The molecule has 2 heterocycles. The smallest absolute Gasteiger partial charge is 0.261 e. The fraction of sp³-hybridized carbons (Fsp3) is 0.211. The van der Waals surface area contributed by atoms with Crippen molar-refractivity contribution in [3.05, 3.63) is 71.3 Å². The Balaban J connectivity index is 1.29. The average Bonchev–Trinajstić information content (AvgIpc) is 2.94. The Morgan fingerprint density at radius 1 is 0.852 bits per heavy atom. The number of nitrogens with zero attached hydrogens (tertiary/aromatic N) is 1. The number of carbonyl (C=O) groups excluding carboxylic acids is 3. The number of fused-ring (bicyclic) bond motifs is 1. The standard InChI is InChI=1S/C19H18N4O3S/c24-16-15(12-6-2-1-3-7-12)21-22-19(20-16)27-11-10-23-17(25)13-8-4-5-9-14(13)18(23)26/h1-9,15,19,21-22H,10-11H2,(H,20,24). The number of nitrogens with one attached hydrogen (secondary N) is 3. The van der Waals surface area contributed by atoms with E-state index in [1.165, 1.54) is 16.7 Å². The summed E-state index contributed by atoms with van der Waals surface area (Å²) in [4.78, 5) is 38.3. The van der Waals surface area contributed by atoms with Crippen molar-refractivity contribution in [1.82, 2.24) is 21.1 Å². The van der Waals surface area contributed by atoms with Gasteiger partial charge in [0.25, 0.3) is 11.8 Å². The van der Waals surface area contributed by atoms with Crippen molar-refractivity contribution in [2.24, 2.45) is 0 Å². The van der Waals surface area contributed by atoms with Crippen LogP contribution in [-0.2, 0) is 4.79 Å². The summed E-state index contributed by atoms with van der Waals surface area (Å²) in [5.74, 6) is -0.155. The van der Waals surface area contributed by atoms with Crippen molar-refractivity contribution in [2.45, 2.75) is 11.5 Å². The van der Waals surface area contributed by atoms with Crippen molar-refractivity contribution in [3.8, 4) is 0 Å². The number of imide groups is 1. The molecule has 2 aromatic carbocycles. The van der Waals surface area contributed by atoms with Crippen molar-refractivity contribution in [1.29, 1.82) is 0 Å². The molecular weight excluding hydrogens is 364 g/mol. The molecule has 1 fully saturated rings. The van der Waals surface area contributed by atoms with Crippen LogP contribution in [0.3, 0.4) is 0 Å². The lowest BCUT2D eigenvalue weighted by Gasteiger charge is -2.31. The lowest BCUT2D eigenvalue weighted by molar-refractivity contribution is -0.125. The van der Waals surface area contributed by atoms with E-state index in [1.807, 2.05) is 30.3 Å². The Labute approximate surface area is 160 Å². The van der Waals surface area contributed by atoms with Gasteiger partial charge in [-0.3, -0.25) is 19.3 Å². The molecule has 4 rings (SSSR count). The SMILES string of the molecule is O=C1NC(SCCN2C(=O)c3ccccc3C2=O)NNC1c1ccccc1. The summed E-state index contributed by atoms with van der Waals surface area (Å²) in [5.41, 5.74) is 7.50. The van der Waals surface area contributed by atoms with E-state index in [2.05, 4.69) is 16.2 Å². The van der Waals surface area contributed by atoms with Crippen LogP contribution >= 0.6 is 11.8 Å². The molecule has 138 valence electrons. The highest BCUT2D eigenvalue weighted by atomic mass is 32.2. The van der Waals surface area contributed by atoms with Crippen molar-refractivity contribution in [2.75, 3.05) is 12.3 Å². The zero-order valence-corrected chi connectivity index (χ0v) is 15.2. The Morgan fingerprint density at radius 2 is 1.48 bits per heavy atom. The molecule has 0 radical (unpaired) electrons. The molecule has 0 aromatic heterocycles. The van der Waals surface area contributed by atoms with Crippen molar-refractivity contribution >= 4 is 29.5 Å². The lowest BCUT2D eigenvalue weighted by Crippen LogP contribution is -2.60. The summed E-state index contributed by atoms with van der Waals surface area (Å²) in [7, 11) is 0. The molecule has 2 aromatic rings. The van der Waals surface area contributed by atoms with Gasteiger partial charge in [0.05, 0.1) is 11.1 Å². The van der Waals surface area contributed by atoms with Gasteiger partial charge in [-0.15, -0.1) is 11.8 Å². The quantitative estimate of drug-likeness (QED) is 0.675. The molecule has 0 spiro atoms. The number of thioether (sulfide) groups is 1. The van der Waals surface area contributed by atoms with Crippen LogP contribution < -0.4 is 16.2 Å². The van der Waals surface area contributed by atoms with Gasteiger partial charge in [0.15, 0.2) is 0 Å². The largest absolute Gasteiger partial charge is 0.329 e. The van der Waals surface area contributed by atoms with E-state index < -0.39 is 6.04 Å². The summed E-state index contributed by atoms with van der Waals surface area (Å²) < 4.78 is 0. The third kappa shape index (κ3) is 3.46. The number of amides is 3. The number of carbonyl (C=O) groups is 3. The molecule has 3 N–H and O–H groups in total. The Morgan fingerprint density at radius 3 is 2.11 bits per heavy atom. The second-order valence-corrected chi connectivity index (χ2v) is 7.41. The van der Waals surface area contributed by atoms with Gasteiger partial charge >= 0.3 is 0 Å². The predicted molar refractivity (Wildman–Crippen MR) is 102 cm³/mol. The van der Waals surface area contributed by atoms with E-state index in [-0.39, 0.29) is 29.8 Å². The van der Waals surface area contributed by atoms with Crippen LogP contribution in [0.4, 0.5) is 0 Å². The molecule has 27 heavy (non-hydrogen) atoms. The molecule has 0 aliphatic carbocycles. The predicted octanol–water partition coefficient (Wildman–Crippen LogP) is 1.26. The number of hydrogen-bond donors (Lipinski definition) is 3. The fourth-order valence-electron chi connectivity index (χ4n) is 3.14. The van der Waals surface area contributed by atoms with Gasteiger partial charge in [-0.05, 0) is 17.7 Å². The number of hydrazine groups is 1. The first-order chi connectivity index (χ1) is 13.1. The van der Waals surface area contributed by atoms with Crippen LogP contribution in [0.25, 0.3) is 0 Å². The first kappa shape index (κ1) is 17.7. The minimum absolute atomic E-state index is 0.127. The van der Waals surface area contributed by atoms with Gasteiger partial charge in [-0.1, -0.05) is 42.5 Å². The maximum absolute atomic E-state index is 12.3. The van der Waals surface area contributed by atoms with E-state index in [4.69, 9.17) is 0 Å². The third-order valence-corrected chi connectivity index (χ3v) is 5.49. The van der Waals surface area contributed by atoms with Gasteiger partial charge in [-0.25, -0.2) is 10.9 Å². The third-order valence-electron chi connectivity index (χ3n) is 4.50. The van der Waals surface area contributed by atoms with Gasteiger partial charge in [0, 0.05) is 12.3 Å². The van der Waals surface area contributed by atoms with Crippen LogP contribution in [0.1, 0.15) is 32.3 Å².